The van der Waals surface area contributed by atoms with Crippen molar-refractivity contribution in [2.45, 2.75) is 0 Å². The molecule has 0 saturated heterocycles. The number of carbonyl (C=O) groups excluding carboxylic acids is 1. The van der Waals surface area contributed by atoms with Crippen molar-refractivity contribution in [3.8, 4) is 5.75 Å². The van der Waals surface area contributed by atoms with E-state index in [1.165, 1.54) is 0 Å². The minimum absolute atomic E-state index is 0.174. The van der Waals surface area contributed by atoms with E-state index in [0.717, 1.165) is 4.47 Å². The number of hydrogen-bond donors (Lipinski definition) is 1. The van der Waals surface area contributed by atoms with Crippen LogP contribution in [0.2, 0.25) is 0 Å². The predicted molar refractivity (Wildman–Crippen MR) is 90.6 cm³/mol. The number of nitrogens with two attached hydrogens (primary N) is 1. The molecule has 2 N–H and O–H groups in total. The van der Waals surface area contributed by atoms with Crippen molar-refractivity contribution in [3.05, 3.63) is 64.1 Å². The Labute approximate surface area is 140 Å². The van der Waals surface area contributed by atoms with Gasteiger partial charge in [0, 0.05) is 9.86 Å². The topological polar surface area (TPSA) is 77.8 Å². The van der Waals surface area contributed by atoms with E-state index in [9.17, 15) is 4.79 Å². The number of methoxy groups -OCH3 is 1. The zero-order valence-electron chi connectivity index (χ0n) is 12.2. The molecule has 0 aliphatic carbocycles. The molecule has 1 heterocycles. The number of rotatable bonds is 3. The zero-order valence-corrected chi connectivity index (χ0v) is 13.8. The molecule has 0 spiro atoms. The lowest BCUT2D eigenvalue weighted by molar-refractivity contribution is 0.0996. The predicted octanol–water partition coefficient (Wildman–Crippen LogP) is 3.54. The van der Waals surface area contributed by atoms with Gasteiger partial charge >= 0.3 is 0 Å². The maximum atomic E-state index is 11.7. The summed E-state index contributed by atoms with van der Waals surface area (Å²) < 4.78 is 11.8. The van der Waals surface area contributed by atoms with Crippen molar-refractivity contribution in [1.82, 2.24) is 0 Å². The average molecular weight is 373 g/mol. The zero-order chi connectivity index (χ0) is 16.4. The van der Waals surface area contributed by atoms with Gasteiger partial charge < -0.3 is 14.9 Å². The summed E-state index contributed by atoms with van der Waals surface area (Å²) in [4.78, 5) is 16.1. The lowest BCUT2D eigenvalue weighted by Gasteiger charge is -2.04. The molecule has 0 fully saturated rings. The summed E-state index contributed by atoms with van der Waals surface area (Å²) in [6.07, 6.45) is 0. The lowest BCUT2D eigenvalue weighted by atomic mass is 10.1. The van der Waals surface area contributed by atoms with Crippen LogP contribution in [0.25, 0.3) is 11.0 Å². The largest absolute Gasteiger partial charge is 0.497 e. The fraction of sp³-hybridized carbons (Fsp3) is 0.0588. The van der Waals surface area contributed by atoms with Crippen molar-refractivity contribution in [2.24, 2.45) is 10.7 Å². The molecule has 0 aliphatic heterocycles. The van der Waals surface area contributed by atoms with E-state index < -0.39 is 5.91 Å². The number of amides is 1. The summed E-state index contributed by atoms with van der Waals surface area (Å²) in [6, 6.07) is 14.3. The molecule has 116 valence electrons. The quantitative estimate of drug-likeness (QED) is 0.763. The van der Waals surface area contributed by atoms with Crippen LogP contribution in [0.4, 0.5) is 5.69 Å². The molecule has 23 heavy (non-hydrogen) atoms. The van der Waals surface area contributed by atoms with E-state index in [0.29, 0.717) is 22.4 Å². The van der Waals surface area contributed by atoms with Gasteiger partial charge in [-0.3, -0.25) is 4.79 Å². The van der Waals surface area contributed by atoms with Crippen molar-refractivity contribution in [2.75, 3.05) is 7.11 Å². The fourth-order valence-electron chi connectivity index (χ4n) is 2.16. The summed E-state index contributed by atoms with van der Waals surface area (Å²) in [5.41, 5.74) is 7.09. The van der Waals surface area contributed by atoms with Gasteiger partial charge in [0.25, 0.3) is 5.91 Å². The molecule has 0 bridgehead atoms. The molecule has 0 saturated carbocycles. The number of fused-ring (bicyclic) bond motifs is 1. The SMILES string of the molecule is COc1ccc2oc(=Nc3cccc(Br)c3)c(C(N)=O)cc2c1. The Balaban J connectivity index is 2.26. The maximum Gasteiger partial charge on any atom is 0.254 e. The highest BCUT2D eigenvalue weighted by atomic mass is 79.9. The van der Waals surface area contributed by atoms with E-state index in [1.54, 1.807) is 31.4 Å². The molecule has 1 amide bonds. The van der Waals surface area contributed by atoms with Gasteiger partial charge in [0.2, 0.25) is 5.55 Å². The monoisotopic (exact) mass is 372 g/mol. The number of ether oxygens (including phenoxy) is 1. The first kappa shape index (κ1) is 15.3. The normalized spacial score (nSPS) is 11.7. The first-order valence-corrected chi connectivity index (χ1v) is 7.58. The van der Waals surface area contributed by atoms with Gasteiger partial charge in [-0.15, -0.1) is 0 Å². The highest BCUT2D eigenvalue weighted by Gasteiger charge is 2.10. The second-order valence-electron chi connectivity index (χ2n) is 4.82. The van der Waals surface area contributed by atoms with Crippen LogP contribution in [-0.2, 0) is 0 Å². The maximum absolute atomic E-state index is 11.7. The summed E-state index contributed by atoms with van der Waals surface area (Å²) in [5.74, 6) is 0.0621. The van der Waals surface area contributed by atoms with Crippen molar-refractivity contribution < 1.29 is 13.9 Å². The van der Waals surface area contributed by atoms with Crippen LogP contribution in [-0.4, -0.2) is 13.0 Å². The molecule has 2 aromatic carbocycles. The molecule has 1 aromatic heterocycles. The third kappa shape index (κ3) is 3.27. The Hall–Kier alpha value is -2.60. The molecule has 0 aliphatic rings. The van der Waals surface area contributed by atoms with Gasteiger partial charge in [-0.2, -0.15) is 0 Å². The Morgan fingerprint density at radius 3 is 2.74 bits per heavy atom. The molecular weight excluding hydrogens is 360 g/mol. The molecule has 0 radical (unpaired) electrons. The van der Waals surface area contributed by atoms with Gasteiger partial charge in [0.05, 0.1) is 12.8 Å². The number of hydrogen-bond acceptors (Lipinski definition) is 4. The highest BCUT2D eigenvalue weighted by molar-refractivity contribution is 9.10. The van der Waals surface area contributed by atoms with E-state index >= 15 is 0 Å². The van der Waals surface area contributed by atoms with Crippen LogP contribution in [0.15, 0.2) is 62.4 Å². The molecule has 0 unspecified atom stereocenters. The van der Waals surface area contributed by atoms with Crippen molar-refractivity contribution in [3.63, 3.8) is 0 Å². The Morgan fingerprint density at radius 1 is 1.22 bits per heavy atom. The standard InChI is InChI=1S/C17H13BrN2O3/c1-22-13-5-6-15-10(7-13)8-14(16(19)21)17(23-15)20-12-4-2-3-11(18)9-12/h2-9H,1H3,(H2,19,21). The molecule has 6 heteroatoms. The summed E-state index contributed by atoms with van der Waals surface area (Å²) in [5, 5.41) is 0.714. The van der Waals surface area contributed by atoms with E-state index in [-0.39, 0.29) is 11.1 Å². The van der Waals surface area contributed by atoms with Gasteiger partial charge in [0.1, 0.15) is 16.9 Å². The van der Waals surface area contributed by atoms with E-state index in [4.69, 9.17) is 14.9 Å². The van der Waals surface area contributed by atoms with Crippen LogP contribution >= 0.6 is 15.9 Å². The smallest absolute Gasteiger partial charge is 0.254 e. The molecular formula is C17H13BrN2O3. The summed E-state index contributed by atoms with van der Waals surface area (Å²) >= 11 is 3.38. The number of primary amides is 1. The average Bonchev–Trinajstić information content (AvgIpc) is 2.53. The Kier molecular flexibility index (Phi) is 4.16. The third-order valence-electron chi connectivity index (χ3n) is 3.26. The minimum atomic E-state index is -0.604. The van der Waals surface area contributed by atoms with E-state index in [2.05, 4.69) is 20.9 Å². The summed E-state index contributed by atoms with van der Waals surface area (Å²) in [7, 11) is 1.57. The second-order valence-corrected chi connectivity index (χ2v) is 5.74. The van der Waals surface area contributed by atoms with Gasteiger partial charge in [-0.1, -0.05) is 22.0 Å². The summed E-state index contributed by atoms with van der Waals surface area (Å²) in [6.45, 7) is 0. The molecule has 0 atom stereocenters. The third-order valence-corrected chi connectivity index (χ3v) is 3.75. The minimum Gasteiger partial charge on any atom is -0.497 e. The first-order valence-electron chi connectivity index (χ1n) is 6.79. The number of carbonyl (C=O) groups is 1. The molecule has 3 aromatic rings. The fourth-order valence-corrected chi connectivity index (χ4v) is 2.55. The first-order chi connectivity index (χ1) is 11.1. The van der Waals surface area contributed by atoms with Gasteiger partial charge in [-0.05, 0) is 42.5 Å². The van der Waals surface area contributed by atoms with Crippen molar-refractivity contribution in [1.29, 1.82) is 0 Å². The molecule has 3 rings (SSSR count). The van der Waals surface area contributed by atoms with Crippen molar-refractivity contribution >= 4 is 38.5 Å². The second kappa shape index (κ2) is 6.26. The van der Waals surface area contributed by atoms with Crippen LogP contribution in [0.1, 0.15) is 10.4 Å². The highest BCUT2D eigenvalue weighted by Crippen LogP contribution is 2.21. The van der Waals surface area contributed by atoms with Crippen LogP contribution in [0.5, 0.6) is 5.75 Å². The van der Waals surface area contributed by atoms with E-state index in [1.807, 2.05) is 24.3 Å². The van der Waals surface area contributed by atoms with Gasteiger partial charge in [0.15, 0.2) is 0 Å². The number of nitrogens with zero attached hydrogens (tertiary/aromatic N) is 1. The number of benzene rings is 2. The Morgan fingerprint density at radius 2 is 2.04 bits per heavy atom. The Bertz CT molecular complexity index is 963. The lowest BCUT2D eigenvalue weighted by Crippen LogP contribution is -2.21. The van der Waals surface area contributed by atoms with Crippen LogP contribution < -0.4 is 16.0 Å². The molecule has 5 nitrogen and oxygen atoms in total. The van der Waals surface area contributed by atoms with Crippen LogP contribution in [0.3, 0.4) is 0 Å². The van der Waals surface area contributed by atoms with Gasteiger partial charge in [-0.25, -0.2) is 4.99 Å². The van der Waals surface area contributed by atoms with Crippen LogP contribution in [0, 0.1) is 0 Å². The number of halogens is 1.